The van der Waals surface area contributed by atoms with E-state index in [1.807, 2.05) is 0 Å². The third-order valence-electron chi connectivity index (χ3n) is 7.97. The van der Waals surface area contributed by atoms with Crippen LogP contribution in [0.25, 0.3) is 0 Å². The number of rotatable bonds is 6. The molecule has 6 aromatic carbocycles. The monoisotopic (exact) mass is 712 g/mol. The average Bonchev–Trinajstić information content (AvgIpc) is 3.09. The second kappa shape index (κ2) is 21.4. The molecule has 49 heavy (non-hydrogen) atoms. The van der Waals surface area contributed by atoms with Gasteiger partial charge in [-0.25, -0.2) is 0 Å². The minimum Gasteiger partial charge on any atom is -0.328 e. The zero-order valence-electron chi connectivity index (χ0n) is 29.1. The molecule has 248 valence electrons. The van der Waals surface area contributed by atoms with E-state index >= 15 is 0 Å². The molecule has 0 bridgehead atoms. The minimum atomic E-state index is -2.62. The van der Waals surface area contributed by atoms with Gasteiger partial charge < -0.3 is 14.7 Å². The van der Waals surface area contributed by atoms with Crippen molar-refractivity contribution in [3.05, 3.63) is 179 Å². The van der Waals surface area contributed by atoms with E-state index in [-0.39, 0.29) is 0 Å². The molecule has 0 aliphatic heterocycles. The Balaban J connectivity index is 0.000000188. The number of aryl methyl sites for hydroxylation is 3. The molecule has 3 nitrogen and oxygen atoms in total. The molecule has 0 aromatic heterocycles. The molecule has 0 unspecified atom stereocenters. The highest BCUT2D eigenvalue weighted by molar-refractivity contribution is 7.38. The Morgan fingerprint density at radius 2 is 0.551 bits per heavy atom. The maximum absolute atomic E-state index is 7.23. The summed E-state index contributed by atoms with van der Waals surface area (Å²) in [6, 6.07) is 51.6. The Morgan fingerprint density at radius 3 is 0.776 bits per heavy atom. The largest absolute Gasteiger partial charge is 0.328 e. The zero-order valence-corrected chi connectivity index (χ0v) is 33.0. The van der Waals surface area contributed by atoms with Crippen molar-refractivity contribution in [3.8, 4) is 0 Å². The molecular formula is C42H45O3PSi3. The number of hydrogen-bond donors (Lipinski definition) is 3. The van der Waals surface area contributed by atoms with Gasteiger partial charge in [-0.1, -0.05) is 177 Å². The molecule has 0 saturated heterocycles. The molecule has 6 rings (SSSR count). The average molecular weight is 713 g/mol. The Labute approximate surface area is 302 Å². The first-order valence-electron chi connectivity index (χ1n) is 16.1. The summed E-state index contributed by atoms with van der Waals surface area (Å²) in [5.74, 6) is 0. The molecular weight excluding hydrogens is 668 g/mol. The van der Waals surface area contributed by atoms with E-state index in [0.717, 1.165) is 28.6 Å². The molecule has 0 aliphatic carbocycles. The summed E-state index contributed by atoms with van der Waals surface area (Å²) < 4.78 is 0. The van der Waals surface area contributed by atoms with Crippen molar-refractivity contribution in [1.29, 1.82) is 0 Å². The van der Waals surface area contributed by atoms with E-state index in [0.29, 0.717) is 0 Å². The lowest BCUT2D eigenvalue weighted by atomic mass is 10.1. The van der Waals surface area contributed by atoms with Crippen molar-refractivity contribution in [2.24, 2.45) is 0 Å². The van der Waals surface area contributed by atoms with Crippen LogP contribution in [-0.4, -0.2) is 43.2 Å². The van der Waals surface area contributed by atoms with Crippen LogP contribution in [0.15, 0.2) is 146 Å². The summed E-state index contributed by atoms with van der Waals surface area (Å²) >= 11 is 0. The molecule has 7 heteroatoms. The van der Waals surface area contributed by atoms with Crippen LogP contribution in [0.4, 0.5) is 0 Å². The lowest BCUT2D eigenvalue weighted by Gasteiger charge is -2.07. The van der Waals surface area contributed by atoms with Crippen LogP contribution in [0.1, 0.15) is 33.4 Å². The Bertz CT molecular complexity index is 1620. The third kappa shape index (κ3) is 14.3. The Morgan fingerprint density at radius 1 is 0.327 bits per heavy atom. The van der Waals surface area contributed by atoms with E-state index in [1.54, 1.807) is 0 Å². The summed E-state index contributed by atoms with van der Waals surface area (Å²) in [7, 11) is -0.304. The maximum Gasteiger partial charge on any atom is 0.324 e. The van der Waals surface area contributed by atoms with Crippen LogP contribution in [0, 0.1) is 41.5 Å². The van der Waals surface area contributed by atoms with E-state index in [4.69, 9.17) is 14.7 Å². The third-order valence-corrected chi connectivity index (χ3v) is 12.3. The highest BCUT2D eigenvalue weighted by Crippen LogP contribution is 2.11. The summed E-state index contributed by atoms with van der Waals surface area (Å²) in [6.07, 6.45) is 0. The SMILES string of the molecule is Cc1cccc([Si]c2ccccc2)c1C.Cc1cccc([Si]c2ccccc2)c1C.Cc1cccc([Si]c2ccccc2)c1C.OP(O)O. The first kappa shape index (κ1) is 39.7. The van der Waals surface area contributed by atoms with Gasteiger partial charge in [-0.05, 0) is 74.9 Å². The predicted molar refractivity (Wildman–Crippen MR) is 216 cm³/mol. The van der Waals surface area contributed by atoms with E-state index < -0.39 is 8.60 Å². The summed E-state index contributed by atoms with van der Waals surface area (Å²) in [6.45, 7) is 13.2. The standard InChI is InChI=1S/3C14H14Si.H3O3P/c3*1-11-7-6-10-14(12(11)2)15-13-8-4-3-5-9-13;1-4(2)3/h3*3-10H,1-2H3;1-3H. The summed E-state index contributed by atoms with van der Waals surface area (Å²) in [4.78, 5) is 21.7. The van der Waals surface area contributed by atoms with Crippen molar-refractivity contribution in [1.82, 2.24) is 0 Å². The molecule has 6 aromatic rings. The summed E-state index contributed by atoms with van der Waals surface area (Å²) in [5.41, 5.74) is 8.45. The molecule has 0 fully saturated rings. The normalized spacial score (nSPS) is 10.2. The van der Waals surface area contributed by atoms with Crippen molar-refractivity contribution >= 4 is 68.3 Å². The summed E-state index contributed by atoms with van der Waals surface area (Å²) in [5, 5.41) is 8.60. The van der Waals surface area contributed by atoms with Gasteiger partial charge in [-0.3, -0.25) is 0 Å². The van der Waals surface area contributed by atoms with Gasteiger partial charge in [0.2, 0.25) is 0 Å². The van der Waals surface area contributed by atoms with Gasteiger partial charge in [0, 0.05) is 0 Å². The van der Waals surface area contributed by atoms with E-state index in [2.05, 4.69) is 187 Å². The fourth-order valence-electron chi connectivity index (χ4n) is 4.69. The van der Waals surface area contributed by atoms with Crippen LogP contribution in [0.2, 0.25) is 0 Å². The van der Waals surface area contributed by atoms with Crippen LogP contribution in [-0.2, 0) is 0 Å². The fourth-order valence-corrected chi connectivity index (χ4v) is 8.39. The van der Waals surface area contributed by atoms with Crippen LogP contribution in [0.3, 0.4) is 0 Å². The van der Waals surface area contributed by atoms with Gasteiger partial charge in [0.15, 0.2) is 0 Å². The van der Waals surface area contributed by atoms with E-state index in [9.17, 15) is 0 Å². The molecule has 0 spiro atoms. The van der Waals surface area contributed by atoms with Gasteiger partial charge >= 0.3 is 8.60 Å². The quantitative estimate of drug-likeness (QED) is 0.167. The van der Waals surface area contributed by atoms with Crippen molar-refractivity contribution in [2.45, 2.75) is 41.5 Å². The van der Waals surface area contributed by atoms with Gasteiger partial charge in [0.05, 0.1) is 0 Å². The fraction of sp³-hybridized carbons (Fsp3) is 0.143. The van der Waals surface area contributed by atoms with Crippen molar-refractivity contribution < 1.29 is 14.7 Å². The van der Waals surface area contributed by atoms with Crippen LogP contribution >= 0.6 is 8.60 Å². The Hall–Kier alpha value is -3.72. The lowest BCUT2D eigenvalue weighted by Crippen LogP contribution is -2.29. The van der Waals surface area contributed by atoms with Crippen molar-refractivity contribution in [3.63, 3.8) is 0 Å². The van der Waals surface area contributed by atoms with E-state index in [1.165, 1.54) is 64.5 Å². The molecule has 0 heterocycles. The maximum atomic E-state index is 7.23. The van der Waals surface area contributed by atoms with Crippen LogP contribution in [0.5, 0.6) is 0 Å². The second-order valence-electron chi connectivity index (χ2n) is 11.5. The van der Waals surface area contributed by atoms with Gasteiger partial charge in [0.25, 0.3) is 0 Å². The highest BCUT2D eigenvalue weighted by atomic mass is 31.2. The lowest BCUT2D eigenvalue weighted by molar-refractivity contribution is 0.368. The highest BCUT2D eigenvalue weighted by Gasteiger charge is 2.04. The number of benzene rings is 6. The van der Waals surface area contributed by atoms with Crippen LogP contribution < -0.4 is 31.1 Å². The molecule has 3 N–H and O–H groups in total. The first-order chi connectivity index (χ1) is 23.5. The zero-order chi connectivity index (χ0) is 35.6. The second-order valence-corrected chi connectivity index (χ2v) is 16.1. The van der Waals surface area contributed by atoms with Gasteiger partial charge in [-0.2, -0.15) is 0 Å². The molecule has 0 amide bonds. The number of hydrogen-bond acceptors (Lipinski definition) is 3. The molecule has 0 aliphatic rings. The molecule has 0 atom stereocenters. The first-order valence-corrected chi connectivity index (χ1v) is 20.3. The van der Waals surface area contributed by atoms with Gasteiger partial charge in [0.1, 0.15) is 28.6 Å². The minimum absolute atomic E-state index is 0.772. The Kier molecular flexibility index (Phi) is 17.3. The molecule has 6 radical (unpaired) electrons. The topological polar surface area (TPSA) is 60.7 Å². The smallest absolute Gasteiger partial charge is 0.324 e. The van der Waals surface area contributed by atoms with Crippen molar-refractivity contribution in [2.75, 3.05) is 0 Å². The predicted octanol–water partition coefficient (Wildman–Crippen LogP) is 5.07. The molecule has 0 saturated carbocycles. The van der Waals surface area contributed by atoms with Gasteiger partial charge in [-0.15, -0.1) is 0 Å².